The molecule has 9 heteroatoms. The molecule has 3 rings (SSSR count). The van der Waals surface area contributed by atoms with Crippen LogP contribution in [-0.4, -0.2) is 38.3 Å². The molecule has 144 valence electrons. The van der Waals surface area contributed by atoms with Crippen molar-refractivity contribution in [1.29, 1.82) is 0 Å². The van der Waals surface area contributed by atoms with Crippen molar-refractivity contribution in [2.75, 3.05) is 19.1 Å². The Morgan fingerprint density at radius 3 is 2.43 bits per heavy atom. The highest BCUT2D eigenvalue weighted by Crippen LogP contribution is 2.31. The number of hydrogen-bond acceptors (Lipinski definition) is 6. The summed E-state index contributed by atoms with van der Waals surface area (Å²) >= 11 is 3.30. The topological polar surface area (TPSA) is 97.3 Å². The number of rotatable bonds is 5. The number of nitrogens with zero attached hydrogens (tertiary/aromatic N) is 2. The molecule has 0 unspecified atom stereocenters. The molecule has 0 spiro atoms. The molecule has 8 nitrogen and oxygen atoms in total. The summed E-state index contributed by atoms with van der Waals surface area (Å²) in [6.45, 7) is 0. The summed E-state index contributed by atoms with van der Waals surface area (Å²) in [5.74, 6) is -1.71. The van der Waals surface area contributed by atoms with Crippen molar-refractivity contribution < 1.29 is 23.9 Å². The minimum absolute atomic E-state index is 0.343. The predicted molar refractivity (Wildman–Crippen MR) is 106 cm³/mol. The third kappa shape index (κ3) is 3.89. The standard InChI is InChI=1S/C19H16BrN3O5/c1-27-13-7-8-16(28-2)15(9-13)21-10-14-17(24)22-19(26)23(18(14)25)12-5-3-11(20)4-6-12/h3-10,14H,1-2H3,(H,22,24,26)/t14-/m1/s1. The summed E-state index contributed by atoms with van der Waals surface area (Å²) in [5, 5.41) is 2.18. The summed E-state index contributed by atoms with van der Waals surface area (Å²) in [6, 6.07) is 10.7. The average Bonchev–Trinajstić information content (AvgIpc) is 2.68. The molecule has 0 saturated carbocycles. The lowest BCUT2D eigenvalue weighted by molar-refractivity contribution is -0.131. The van der Waals surface area contributed by atoms with E-state index in [2.05, 4.69) is 26.2 Å². The highest BCUT2D eigenvalue weighted by molar-refractivity contribution is 9.10. The number of barbiturate groups is 1. The van der Waals surface area contributed by atoms with E-state index in [1.165, 1.54) is 20.4 Å². The number of halogens is 1. The molecule has 0 radical (unpaired) electrons. The van der Waals surface area contributed by atoms with E-state index >= 15 is 0 Å². The summed E-state index contributed by atoms with van der Waals surface area (Å²) < 4.78 is 11.2. The average molecular weight is 446 g/mol. The number of aliphatic imine (C=N–C) groups is 1. The van der Waals surface area contributed by atoms with E-state index in [1.807, 2.05) is 0 Å². The number of anilines is 1. The minimum atomic E-state index is -1.27. The molecule has 0 bridgehead atoms. The van der Waals surface area contributed by atoms with Gasteiger partial charge in [0.15, 0.2) is 5.92 Å². The number of urea groups is 1. The number of methoxy groups -OCH3 is 2. The number of hydrogen-bond donors (Lipinski definition) is 1. The Balaban J connectivity index is 1.92. The normalized spacial score (nSPS) is 17.0. The highest BCUT2D eigenvalue weighted by atomic mass is 79.9. The molecule has 0 aromatic heterocycles. The summed E-state index contributed by atoms with van der Waals surface area (Å²) in [5.41, 5.74) is 0.727. The molecule has 2 aromatic rings. The lowest BCUT2D eigenvalue weighted by Gasteiger charge is -2.28. The zero-order chi connectivity index (χ0) is 20.3. The van der Waals surface area contributed by atoms with Crippen molar-refractivity contribution in [2.45, 2.75) is 0 Å². The fraction of sp³-hybridized carbons (Fsp3) is 0.158. The second-order valence-corrected chi connectivity index (χ2v) is 6.65. The molecular formula is C19H16BrN3O5. The van der Waals surface area contributed by atoms with Gasteiger partial charge in [0.05, 0.1) is 19.9 Å². The smallest absolute Gasteiger partial charge is 0.335 e. The van der Waals surface area contributed by atoms with Gasteiger partial charge in [-0.05, 0) is 36.4 Å². The summed E-state index contributed by atoms with van der Waals surface area (Å²) in [6.07, 6.45) is 1.19. The van der Waals surface area contributed by atoms with E-state index in [0.717, 1.165) is 9.37 Å². The first-order valence-corrected chi connectivity index (χ1v) is 8.94. The fourth-order valence-corrected chi connectivity index (χ4v) is 2.87. The molecule has 1 fully saturated rings. The van der Waals surface area contributed by atoms with Crippen molar-refractivity contribution >= 4 is 51.4 Å². The number of benzene rings is 2. The Labute approximate surface area is 169 Å². The first-order valence-electron chi connectivity index (χ1n) is 8.15. The van der Waals surface area contributed by atoms with Gasteiger partial charge in [-0.15, -0.1) is 0 Å². The summed E-state index contributed by atoms with van der Waals surface area (Å²) in [4.78, 5) is 42.3. The molecule has 0 aliphatic carbocycles. The quantitative estimate of drug-likeness (QED) is 0.563. The molecule has 4 amide bonds. The summed E-state index contributed by atoms with van der Waals surface area (Å²) in [7, 11) is 2.99. The van der Waals surface area contributed by atoms with Crippen molar-refractivity contribution in [3.8, 4) is 11.5 Å². The van der Waals surface area contributed by atoms with Crippen LogP contribution in [-0.2, 0) is 9.59 Å². The van der Waals surface area contributed by atoms with Crippen LogP contribution >= 0.6 is 15.9 Å². The van der Waals surface area contributed by atoms with Gasteiger partial charge < -0.3 is 9.47 Å². The van der Waals surface area contributed by atoms with Crippen molar-refractivity contribution in [3.05, 3.63) is 46.9 Å². The fourth-order valence-electron chi connectivity index (χ4n) is 2.61. The zero-order valence-electron chi connectivity index (χ0n) is 15.0. The van der Waals surface area contributed by atoms with Crippen molar-refractivity contribution in [2.24, 2.45) is 10.9 Å². The number of amides is 4. The molecule has 1 saturated heterocycles. The molecule has 1 aliphatic heterocycles. The van der Waals surface area contributed by atoms with Crippen LogP contribution in [0.3, 0.4) is 0 Å². The minimum Gasteiger partial charge on any atom is -0.497 e. The van der Waals surface area contributed by atoms with Crippen LogP contribution in [0.1, 0.15) is 0 Å². The monoisotopic (exact) mass is 445 g/mol. The van der Waals surface area contributed by atoms with Gasteiger partial charge in [0.25, 0.3) is 5.91 Å². The van der Waals surface area contributed by atoms with Crippen LogP contribution in [0.2, 0.25) is 0 Å². The molecule has 1 N–H and O–H groups in total. The van der Waals surface area contributed by atoms with E-state index in [4.69, 9.17) is 9.47 Å². The second-order valence-electron chi connectivity index (χ2n) is 5.74. The van der Waals surface area contributed by atoms with Gasteiger partial charge in [-0.2, -0.15) is 0 Å². The molecule has 1 atom stereocenters. The first kappa shape index (κ1) is 19.6. The van der Waals surface area contributed by atoms with Crippen LogP contribution in [0.5, 0.6) is 11.5 Å². The van der Waals surface area contributed by atoms with Crippen LogP contribution in [0.15, 0.2) is 51.9 Å². The van der Waals surface area contributed by atoms with Gasteiger partial charge in [0.1, 0.15) is 17.2 Å². The van der Waals surface area contributed by atoms with E-state index in [0.29, 0.717) is 22.9 Å². The molecule has 2 aromatic carbocycles. The molecular weight excluding hydrogens is 430 g/mol. The Morgan fingerprint density at radius 2 is 1.79 bits per heavy atom. The van der Waals surface area contributed by atoms with Gasteiger partial charge in [0.2, 0.25) is 5.91 Å². The number of carbonyl (C=O) groups excluding carboxylic acids is 3. The largest absolute Gasteiger partial charge is 0.497 e. The van der Waals surface area contributed by atoms with E-state index in [-0.39, 0.29) is 0 Å². The van der Waals surface area contributed by atoms with Gasteiger partial charge in [0, 0.05) is 16.8 Å². The lowest BCUT2D eigenvalue weighted by atomic mass is 10.1. The number of nitrogens with one attached hydrogen (secondary N) is 1. The molecule has 1 heterocycles. The van der Waals surface area contributed by atoms with Crippen LogP contribution in [0.4, 0.5) is 16.2 Å². The zero-order valence-corrected chi connectivity index (χ0v) is 16.6. The SMILES string of the molecule is COc1ccc(OC)c(N=C[C@@H]2C(=O)NC(=O)N(c3ccc(Br)cc3)C2=O)c1. The van der Waals surface area contributed by atoms with E-state index in [1.54, 1.807) is 42.5 Å². The predicted octanol–water partition coefficient (Wildman–Crippen LogP) is 3.07. The van der Waals surface area contributed by atoms with Crippen molar-refractivity contribution in [1.82, 2.24) is 5.32 Å². The molecule has 1 aliphatic rings. The third-order valence-corrected chi connectivity index (χ3v) is 4.56. The van der Waals surface area contributed by atoms with Gasteiger partial charge in [-0.3, -0.25) is 19.9 Å². The first-order chi connectivity index (χ1) is 13.4. The number of carbonyl (C=O) groups is 3. The number of imide groups is 2. The maximum absolute atomic E-state index is 12.8. The Kier molecular flexibility index (Phi) is 5.74. The Hall–Kier alpha value is -3.20. The Morgan fingerprint density at radius 1 is 1.07 bits per heavy atom. The van der Waals surface area contributed by atoms with Gasteiger partial charge in [-0.1, -0.05) is 15.9 Å². The second kappa shape index (κ2) is 8.22. The lowest BCUT2D eigenvalue weighted by Crippen LogP contribution is -2.58. The van der Waals surface area contributed by atoms with Crippen molar-refractivity contribution in [3.63, 3.8) is 0 Å². The van der Waals surface area contributed by atoms with E-state index < -0.39 is 23.8 Å². The van der Waals surface area contributed by atoms with E-state index in [9.17, 15) is 14.4 Å². The van der Waals surface area contributed by atoms with Gasteiger partial charge >= 0.3 is 6.03 Å². The maximum Gasteiger partial charge on any atom is 0.335 e. The maximum atomic E-state index is 12.8. The highest BCUT2D eigenvalue weighted by Gasteiger charge is 2.40. The molecule has 28 heavy (non-hydrogen) atoms. The third-order valence-electron chi connectivity index (χ3n) is 4.04. The van der Waals surface area contributed by atoms with Crippen LogP contribution < -0.4 is 19.7 Å². The van der Waals surface area contributed by atoms with Crippen LogP contribution in [0.25, 0.3) is 0 Å². The van der Waals surface area contributed by atoms with Crippen LogP contribution in [0, 0.1) is 5.92 Å². The number of ether oxygens (including phenoxy) is 2. The Bertz CT molecular complexity index is 959. The van der Waals surface area contributed by atoms with Gasteiger partial charge in [-0.25, -0.2) is 9.69 Å².